The molecule has 1 aromatic carbocycles. The summed E-state index contributed by atoms with van der Waals surface area (Å²) in [5.41, 5.74) is 0.493. The minimum Gasteiger partial charge on any atom is -0.493 e. The Hall–Kier alpha value is -2.62. The second-order valence-electron chi connectivity index (χ2n) is 6.54. The van der Waals surface area contributed by atoms with Crippen molar-refractivity contribution in [1.82, 2.24) is 10.2 Å². The van der Waals surface area contributed by atoms with Gasteiger partial charge in [-0.15, -0.1) is 0 Å². The molecule has 1 aliphatic heterocycles. The Bertz CT molecular complexity index is 842. The van der Waals surface area contributed by atoms with E-state index in [2.05, 4.69) is 10.1 Å². The molecule has 1 aromatic rings. The summed E-state index contributed by atoms with van der Waals surface area (Å²) in [6.45, 7) is -2.70. The van der Waals surface area contributed by atoms with Gasteiger partial charge in [-0.25, -0.2) is 0 Å². The van der Waals surface area contributed by atoms with Gasteiger partial charge in [0, 0.05) is 19.0 Å². The van der Waals surface area contributed by atoms with Crippen molar-refractivity contribution in [2.75, 3.05) is 20.2 Å². The van der Waals surface area contributed by atoms with Crippen LogP contribution in [0.4, 0.5) is 13.6 Å². The molecule has 1 heterocycles. The quantitative estimate of drug-likeness (QED) is 0.643. The third-order valence-electron chi connectivity index (χ3n) is 4.69. The van der Waals surface area contributed by atoms with Gasteiger partial charge in [0.05, 0.1) is 12.0 Å². The van der Waals surface area contributed by atoms with Gasteiger partial charge in [-0.3, -0.25) is 19.3 Å². The number of hydrogen-bond acceptors (Lipinski definition) is 6. The summed E-state index contributed by atoms with van der Waals surface area (Å²) in [5, 5.41) is 2.32. The van der Waals surface area contributed by atoms with E-state index in [1.54, 1.807) is 0 Å². The molecule has 0 aromatic heterocycles. The number of amides is 3. The monoisotopic (exact) mass is 426 g/mol. The number of nitrogens with zero attached hydrogens (tertiary/aromatic N) is 1. The zero-order chi connectivity index (χ0) is 21.0. The van der Waals surface area contributed by atoms with E-state index in [1.165, 1.54) is 31.4 Å². The van der Waals surface area contributed by atoms with Gasteiger partial charge in [-0.05, 0) is 48.4 Å². The molecule has 1 saturated heterocycles. The van der Waals surface area contributed by atoms with Crippen LogP contribution in [0, 0.1) is 5.92 Å². The molecular weight excluding hydrogens is 406 g/mol. The van der Waals surface area contributed by atoms with Gasteiger partial charge in [0.2, 0.25) is 5.91 Å². The zero-order valence-corrected chi connectivity index (χ0v) is 16.5. The molecule has 29 heavy (non-hydrogen) atoms. The standard InChI is InChI=1S/C19H20F2N2O5S/c1-27-14-9-11(5-6-13(14)28-18(20)21)10-15-17(25)23(19(26)29-15)8-7-22-16(24)12-3-2-4-12/h5-6,9-10,12,18H,2-4,7-8H2,1H3,(H,22,24)/b15-10-. The van der Waals surface area contributed by atoms with Crippen LogP contribution in [0.2, 0.25) is 0 Å². The third-order valence-corrected chi connectivity index (χ3v) is 5.59. The summed E-state index contributed by atoms with van der Waals surface area (Å²) in [6.07, 6.45) is 4.28. The number of carbonyl (C=O) groups excluding carboxylic acids is 3. The summed E-state index contributed by atoms with van der Waals surface area (Å²) < 4.78 is 34.2. The minimum absolute atomic E-state index is 0.0387. The van der Waals surface area contributed by atoms with E-state index in [1.807, 2.05) is 0 Å². The van der Waals surface area contributed by atoms with Crippen molar-refractivity contribution in [3.05, 3.63) is 28.7 Å². The average molecular weight is 426 g/mol. The first kappa shape index (κ1) is 21.1. The van der Waals surface area contributed by atoms with Gasteiger partial charge >= 0.3 is 6.61 Å². The molecule has 3 rings (SSSR count). The smallest absolute Gasteiger partial charge is 0.387 e. The molecule has 2 fully saturated rings. The molecule has 7 nitrogen and oxygen atoms in total. The largest absolute Gasteiger partial charge is 0.493 e. The van der Waals surface area contributed by atoms with E-state index in [9.17, 15) is 23.2 Å². The van der Waals surface area contributed by atoms with Crippen LogP contribution >= 0.6 is 11.8 Å². The van der Waals surface area contributed by atoms with Crippen molar-refractivity contribution in [3.8, 4) is 11.5 Å². The predicted molar refractivity (Wildman–Crippen MR) is 103 cm³/mol. The van der Waals surface area contributed by atoms with Crippen molar-refractivity contribution >= 4 is 34.9 Å². The van der Waals surface area contributed by atoms with Crippen LogP contribution in [0.5, 0.6) is 11.5 Å². The third kappa shape index (κ3) is 5.06. The molecule has 1 aliphatic carbocycles. The molecule has 3 amide bonds. The second kappa shape index (κ2) is 9.25. The number of rotatable bonds is 8. The Morgan fingerprint density at radius 2 is 2.10 bits per heavy atom. The number of methoxy groups -OCH3 is 1. The first-order valence-corrected chi connectivity index (χ1v) is 9.86. The SMILES string of the molecule is COc1cc(/C=C2\SC(=O)N(CCNC(=O)C3CCC3)C2=O)ccc1OC(F)F. The number of nitrogens with one attached hydrogen (secondary N) is 1. The van der Waals surface area contributed by atoms with E-state index in [0.29, 0.717) is 5.56 Å². The Morgan fingerprint density at radius 3 is 2.72 bits per heavy atom. The summed E-state index contributed by atoms with van der Waals surface area (Å²) in [7, 11) is 1.31. The number of carbonyl (C=O) groups is 3. The van der Waals surface area contributed by atoms with Gasteiger partial charge in [-0.1, -0.05) is 12.5 Å². The predicted octanol–water partition coefficient (Wildman–Crippen LogP) is 3.25. The maximum atomic E-state index is 12.5. The number of thioether (sulfide) groups is 1. The van der Waals surface area contributed by atoms with Crippen LogP contribution in [-0.2, 0) is 9.59 Å². The Labute approximate surface area is 170 Å². The molecule has 0 bridgehead atoms. The van der Waals surface area contributed by atoms with E-state index >= 15 is 0 Å². The Balaban J connectivity index is 1.63. The van der Waals surface area contributed by atoms with Gasteiger partial charge < -0.3 is 14.8 Å². The first-order chi connectivity index (χ1) is 13.9. The van der Waals surface area contributed by atoms with Crippen LogP contribution in [0.15, 0.2) is 23.1 Å². The highest BCUT2D eigenvalue weighted by Gasteiger charge is 2.35. The average Bonchev–Trinajstić information content (AvgIpc) is 2.88. The molecule has 156 valence electrons. The lowest BCUT2D eigenvalue weighted by molar-refractivity contribution is -0.128. The van der Waals surface area contributed by atoms with E-state index in [0.717, 1.165) is 35.9 Å². The molecule has 0 atom stereocenters. The highest BCUT2D eigenvalue weighted by molar-refractivity contribution is 8.18. The van der Waals surface area contributed by atoms with Gasteiger partial charge in [0.1, 0.15) is 0 Å². The summed E-state index contributed by atoms with van der Waals surface area (Å²) >= 11 is 0.780. The van der Waals surface area contributed by atoms with Crippen LogP contribution in [0.1, 0.15) is 24.8 Å². The van der Waals surface area contributed by atoms with E-state index in [-0.39, 0.29) is 41.3 Å². The highest BCUT2D eigenvalue weighted by atomic mass is 32.2. The molecule has 10 heteroatoms. The number of ether oxygens (including phenoxy) is 2. The Morgan fingerprint density at radius 1 is 1.34 bits per heavy atom. The lowest BCUT2D eigenvalue weighted by Gasteiger charge is -2.24. The number of benzene rings is 1. The number of halogens is 2. The van der Waals surface area contributed by atoms with Crippen LogP contribution in [0.25, 0.3) is 6.08 Å². The first-order valence-electron chi connectivity index (χ1n) is 9.05. The fourth-order valence-corrected chi connectivity index (χ4v) is 3.78. The highest BCUT2D eigenvalue weighted by Crippen LogP contribution is 2.35. The van der Waals surface area contributed by atoms with Crippen LogP contribution in [0.3, 0.4) is 0 Å². The summed E-state index contributed by atoms with van der Waals surface area (Å²) in [4.78, 5) is 37.8. The van der Waals surface area contributed by atoms with Gasteiger partial charge in [0.15, 0.2) is 11.5 Å². The van der Waals surface area contributed by atoms with E-state index in [4.69, 9.17) is 4.74 Å². The second-order valence-corrected chi connectivity index (χ2v) is 7.53. The van der Waals surface area contributed by atoms with Crippen LogP contribution in [-0.4, -0.2) is 48.8 Å². The van der Waals surface area contributed by atoms with Gasteiger partial charge in [-0.2, -0.15) is 8.78 Å². The van der Waals surface area contributed by atoms with Crippen molar-refractivity contribution < 1.29 is 32.6 Å². The van der Waals surface area contributed by atoms with E-state index < -0.39 is 17.8 Å². The molecule has 1 N–H and O–H groups in total. The maximum absolute atomic E-state index is 12.5. The summed E-state index contributed by atoms with van der Waals surface area (Å²) in [5.74, 6) is -0.523. The lowest BCUT2D eigenvalue weighted by atomic mass is 9.85. The van der Waals surface area contributed by atoms with Crippen molar-refractivity contribution in [1.29, 1.82) is 0 Å². The molecule has 0 spiro atoms. The maximum Gasteiger partial charge on any atom is 0.387 e. The molecule has 0 unspecified atom stereocenters. The normalized spacial score (nSPS) is 18.3. The Kier molecular flexibility index (Phi) is 6.73. The lowest BCUT2D eigenvalue weighted by Crippen LogP contribution is -2.40. The minimum atomic E-state index is -2.99. The number of alkyl halides is 2. The fraction of sp³-hybridized carbons (Fsp3) is 0.421. The summed E-state index contributed by atoms with van der Waals surface area (Å²) in [6, 6.07) is 4.22. The van der Waals surface area contributed by atoms with Gasteiger partial charge in [0.25, 0.3) is 11.1 Å². The number of hydrogen-bond donors (Lipinski definition) is 1. The molecule has 2 aliphatic rings. The molecule has 1 saturated carbocycles. The molecule has 0 radical (unpaired) electrons. The topological polar surface area (TPSA) is 84.9 Å². The molecular formula is C19H20F2N2O5S. The zero-order valence-electron chi connectivity index (χ0n) is 15.7. The van der Waals surface area contributed by atoms with Crippen molar-refractivity contribution in [2.45, 2.75) is 25.9 Å². The van der Waals surface area contributed by atoms with Crippen molar-refractivity contribution in [2.24, 2.45) is 5.92 Å². The van der Waals surface area contributed by atoms with Crippen molar-refractivity contribution in [3.63, 3.8) is 0 Å². The number of imide groups is 1. The fourth-order valence-electron chi connectivity index (χ4n) is 2.92. The van der Waals surface area contributed by atoms with Crippen LogP contribution < -0.4 is 14.8 Å².